The fourth-order valence-corrected chi connectivity index (χ4v) is 3.50. The molecule has 2 aromatic rings. The predicted molar refractivity (Wildman–Crippen MR) is 117 cm³/mol. The quantitative estimate of drug-likeness (QED) is 0.659. The van der Waals surface area contributed by atoms with Gasteiger partial charge in [-0.05, 0) is 31.0 Å². The lowest BCUT2D eigenvalue weighted by Crippen LogP contribution is -2.41. The lowest BCUT2D eigenvalue weighted by molar-refractivity contribution is -0.153. The van der Waals surface area contributed by atoms with Crippen molar-refractivity contribution in [2.75, 3.05) is 24.6 Å². The van der Waals surface area contributed by atoms with Crippen LogP contribution < -0.4 is 15.0 Å². The Morgan fingerprint density at radius 2 is 1.84 bits per heavy atom. The molecule has 3 rings (SSSR count). The number of nitrogens with zero attached hydrogens (tertiary/aromatic N) is 1. The van der Waals surface area contributed by atoms with Gasteiger partial charge in [0.25, 0.3) is 5.91 Å². The zero-order valence-corrected chi connectivity index (χ0v) is 17.9. The first-order valence-corrected chi connectivity index (χ1v) is 10.5. The molecule has 0 saturated carbocycles. The van der Waals surface area contributed by atoms with Gasteiger partial charge in [0.1, 0.15) is 12.3 Å². The maximum Gasteiger partial charge on any atom is 0.326 e. The third-order valence-electron chi connectivity index (χ3n) is 5.28. The van der Waals surface area contributed by atoms with Crippen molar-refractivity contribution < 1.29 is 23.9 Å². The molecule has 31 heavy (non-hydrogen) atoms. The highest BCUT2D eigenvalue weighted by Gasteiger charge is 2.27. The third kappa shape index (κ3) is 5.84. The first kappa shape index (κ1) is 22.3. The Kier molecular flexibility index (Phi) is 7.65. The molecule has 2 atom stereocenters. The van der Waals surface area contributed by atoms with Crippen LogP contribution >= 0.6 is 0 Å². The van der Waals surface area contributed by atoms with Crippen LogP contribution in [0.3, 0.4) is 0 Å². The van der Waals surface area contributed by atoms with Crippen LogP contribution in [0.2, 0.25) is 0 Å². The molecular formula is C24H28N2O5. The number of carbonyl (C=O) groups is 3. The van der Waals surface area contributed by atoms with Crippen molar-refractivity contribution in [1.82, 2.24) is 5.32 Å². The van der Waals surface area contributed by atoms with E-state index in [-0.39, 0.29) is 37.3 Å². The second-order valence-electron chi connectivity index (χ2n) is 7.44. The molecule has 0 aromatic heterocycles. The zero-order valence-electron chi connectivity index (χ0n) is 17.9. The normalized spacial score (nSPS) is 15.2. The topological polar surface area (TPSA) is 84.9 Å². The highest BCUT2D eigenvalue weighted by atomic mass is 16.5. The highest BCUT2D eigenvalue weighted by molar-refractivity contribution is 5.99. The molecule has 2 aromatic carbocycles. The predicted octanol–water partition coefficient (Wildman–Crippen LogP) is 3.04. The second kappa shape index (κ2) is 10.6. The minimum Gasteiger partial charge on any atom is -0.491 e. The van der Waals surface area contributed by atoms with Gasteiger partial charge in [-0.15, -0.1) is 0 Å². The van der Waals surface area contributed by atoms with Crippen molar-refractivity contribution in [2.45, 2.75) is 38.7 Å². The summed E-state index contributed by atoms with van der Waals surface area (Å²) in [5.41, 5.74) is 1.67. The van der Waals surface area contributed by atoms with Crippen LogP contribution in [0, 0.1) is 0 Å². The van der Waals surface area contributed by atoms with Crippen molar-refractivity contribution in [1.29, 1.82) is 0 Å². The Hall–Kier alpha value is -3.35. The number of anilines is 1. The van der Waals surface area contributed by atoms with Crippen LogP contribution in [0.4, 0.5) is 5.69 Å². The number of para-hydroxylation sites is 2. The van der Waals surface area contributed by atoms with Gasteiger partial charge in [-0.3, -0.25) is 19.3 Å². The van der Waals surface area contributed by atoms with Gasteiger partial charge in [-0.25, -0.2) is 0 Å². The molecule has 0 saturated heterocycles. The summed E-state index contributed by atoms with van der Waals surface area (Å²) in [5, 5.41) is 2.86. The lowest BCUT2D eigenvalue weighted by Gasteiger charge is -2.22. The second-order valence-corrected chi connectivity index (χ2v) is 7.44. The van der Waals surface area contributed by atoms with E-state index in [2.05, 4.69) is 12.2 Å². The van der Waals surface area contributed by atoms with Crippen molar-refractivity contribution in [3.05, 3.63) is 60.2 Å². The van der Waals surface area contributed by atoms with Gasteiger partial charge >= 0.3 is 5.97 Å². The zero-order chi connectivity index (χ0) is 22.2. The van der Waals surface area contributed by atoms with Crippen LogP contribution in [-0.4, -0.2) is 43.6 Å². The van der Waals surface area contributed by atoms with Gasteiger partial charge in [0, 0.05) is 12.5 Å². The average molecular weight is 424 g/mol. The molecule has 0 bridgehead atoms. The first-order chi connectivity index (χ1) is 15.0. The summed E-state index contributed by atoms with van der Waals surface area (Å²) in [6.07, 6.45) is 0.0711. The van der Waals surface area contributed by atoms with Crippen LogP contribution in [0.25, 0.3) is 0 Å². The number of rotatable bonds is 8. The van der Waals surface area contributed by atoms with E-state index in [9.17, 15) is 14.4 Å². The standard InChI is InChI=1S/C24H28N2O5/c1-3-18(19-9-5-4-6-10-19)15-25-24(29)17(2)31-23(28)16-26-20-11-7-8-12-21(20)30-14-13-22(26)27/h4-12,17-18H,3,13-16H2,1-2H3,(H,25,29)/t17-,18+/m1/s1. The van der Waals surface area contributed by atoms with Gasteiger partial charge in [-0.1, -0.05) is 49.4 Å². The molecule has 0 spiro atoms. The molecular weight excluding hydrogens is 396 g/mol. The largest absolute Gasteiger partial charge is 0.491 e. The summed E-state index contributed by atoms with van der Waals surface area (Å²) in [7, 11) is 0. The first-order valence-electron chi connectivity index (χ1n) is 10.5. The number of nitrogens with one attached hydrogen (secondary N) is 1. The Labute approximate surface area is 182 Å². The molecule has 0 fully saturated rings. The molecule has 7 heteroatoms. The van der Waals surface area contributed by atoms with Crippen LogP contribution in [0.15, 0.2) is 54.6 Å². The summed E-state index contributed by atoms with van der Waals surface area (Å²) in [5.74, 6) is -0.526. The van der Waals surface area contributed by atoms with Gasteiger partial charge < -0.3 is 14.8 Å². The summed E-state index contributed by atoms with van der Waals surface area (Å²) in [4.78, 5) is 38.7. The molecule has 7 nitrogen and oxygen atoms in total. The van der Waals surface area contributed by atoms with Crippen molar-refractivity contribution in [2.24, 2.45) is 0 Å². The van der Waals surface area contributed by atoms with Crippen molar-refractivity contribution >= 4 is 23.5 Å². The average Bonchev–Trinajstić information content (AvgIpc) is 2.93. The van der Waals surface area contributed by atoms with Crippen LogP contribution in [-0.2, 0) is 19.1 Å². The fourth-order valence-electron chi connectivity index (χ4n) is 3.50. The van der Waals surface area contributed by atoms with E-state index in [1.807, 2.05) is 30.3 Å². The third-order valence-corrected chi connectivity index (χ3v) is 5.28. The molecule has 1 N–H and O–H groups in total. The number of hydrogen-bond donors (Lipinski definition) is 1. The number of hydrogen-bond acceptors (Lipinski definition) is 5. The molecule has 2 amide bonds. The van der Waals surface area contributed by atoms with E-state index < -0.39 is 12.1 Å². The Balaban J connectivity index is 1.55. The maximum atomic E-state index is 12.5. The molecule has 1 heterocycles. The number of benzene rings is 2. The molecule has 0 unspecified atom stereocenters. The lowest BCUT2D eigenvalue weighted by atomic mass is 9.96. The molecule has 1 aliphatic rings. The fraction of sp³-hybridized carbons (Fsp3) is 0.375. The highest BCUT2D eigenvalue weighted by Crippen LogP contribution is 2.30. The Morgan fingerprint density at radius 1 is 1.13 bits per heavy atom. The summed E-state index contributed by atoms with van der Waals surface area (Å²) in [6.45, 7) is 4.01. The van der Waals surface area contributed by atoms with Gasteiger partial charge in [-0.2, -0.15) is 0 Å². The molecule has 0 radical (unpaired) electrons. The summed E-state index contributed by atoms with van der Waals surface area (Å²) < 4.78 is 10.9. The monoisotopic (exact) mass is 424 g/mol. The van der Waals surface area contributed by atoms with Crippen molar-refractivity contribution in [3.8, 4) is 5.75 Å². The molecule has 0 aliphatic carbocycles. The number of carbonyl (C=O) groups excluding carboxylic acids is 3. The molecule has 1 aliphatic heterocycles. The van der Waals surface area contributed by atoms with Crippen LogP contribution in [0.5, 0.6) is 5.75 Å². The van der Waals surface area contributed by atoms with Gasteiger partial charge in [0.15, 0.2) is 6.10 Å². The minimum absolute atomic E-state index is 0.163. The smallest absolute Gasteiger partial charge is 0.326 e. The van der Waals surface area contributed by atoms with Crippen LogP contribution in [0.1, 0.15) is 38.2 Å². The van der Waals surface area contributed by atoms with E-state index in [1.54, 1.807) is 24.3 Å². The number of fused-ring (bicyclic) bond motifs is 1. The van der Waals surface area contributed by atoms with Crippen molar-refractivity contribution in [3.63, 3.8) is 0 Å². The van der Waals surface area contributed by atoms with E-state index in [0.29, 0.717) is 18.0 Å². The summed E-state index contributed by atoms with van der Waals surface area (Å²) >= 11 is 0. The maximum absolute atomic E-state index is 12.5. The van der Waals surface area contributed by atoms with E-state index in [1.165, 1.54) is 11.8 Å². The van der Waals surface area contributed by atoms with Gasteiger partial charge in [0.2, 0.25) is 5.91 Å². The summed E-state index contributed by atoms with van der Waals surface area (Å²) in [6, 6.07) is 17.0. The number of amides is 2. The Morgan fingerprint density at radius 3 is 2.58 bits per heavy atom. The van der Waals surface area contributed by atoms with E-state index in [0.717, 1.165) is 12.0 Å². The van der Waals surface area contributed by atoms with E-state index in [4.69, 9.17) is 9.47 Å². The van der Waals surface area contributed by atoms with E-state index >= 15 is 0 Å². The SMILES string of the molecule is CC[C@@H](CNC(=O)[C@@H](C)OC(=O)CN1C(=O)CCOc2ccccc21)c1ccccc1. The molecule has 164 valence electrons. The Bertz CT molecular complexity index is 915. The van der Waals surface area contributed by atoms with Gasteiger partial charge in [0.05, 0.1) is 18.7 Å². The number of ether oxygens (including phenoxy) is 2. The minimum atomic E-state index is -0.964. The number of esters is 1.